The molecule has 1 aliphatic heterocycles. The minimum atomic E-state index is -0.244. The lowest BCUT2D eigenvalue weighted by molar-refractivity contribution is 0.0707. The maximum absolute atomic E-state index is 13.7. The summed E-state index contributed by atoms with van der Waals surface area (Å²) in [5.41, 5.74) is 0.629. The van der Waals surface area contributed by atoms with Crippen molar-refractivity contribution in [3.8, 4) is 5.75 Å². The Kier molecular flexibility index (Phi) is 2.23. The molecule has 1 spiro atoms. The minimum Gasteiger partial charge on any atom is -0.479 e. The highest BCUT2D eigenvalue weighted by atomic mass is 19.1. The van der Waals surface area contributed by atoms with E-state index in [1.54, 1.807) is 6.07 Å². The maximum atomic E-state index is 13.7. The molecule has 0 amide bonds. The molecule has 1 saturated carbocycles. The van der Waals surface area contributed by atoms with Crippen LogP contribution in [0.15, 0.2) is 24.3 Å². The number of benzene rings is 1. The first kappa shape index (κ1) is 9.88. The Morgan fingerprint density at radius 2 is 1.94 bits per heavy atom. The summed E-state index contributed by atoms with van der Waals surface area (Å²) in [6.45, 7) is 0. The second kappa shape index (κ2) is 3.62. The van der Waals surface area contributed by atoms with Gasteiger partial charge < -0.3 is 4.74 Å². The second-order valence-corrected chi connectivity index (χ2v) is 4.72. The topological polar surface area (TPSA) is 9.23 Å². The van der Waals surface area contributed by atoms with Gasteiger partial charge in [-0.15, -0.1) is 0 Å². The van der Waals surface area contributed by atoms with Gasteiger partial charge in [0.25, 0.3) is 0 Å². The normalized spacial score (nSPS) is 21.6. The first-order valence-electron chi connectivity index (χ1n) is 5.96. The Morgan fingerprint density at radius 1 is 1.12 bits per heavy atom. The van der Waals surface area contributed by atoms with Crippen LogP contribution in [0.3, 0.4) is 0 Å². The van der Waals surface area contributed by atoms with Crippen molar-refractivity contribution in [2.24, 2.45) is 0 Å². The number of halogens is 1. The molecule has 2 aliphatic rings. The Hall–Kier alpha value is -1.31. The molecule has 3 rings (SSSR count). The summed E-state index contributed by atoms with van der Waals surface area (Å²) >= 11 is 0. The van der Waals surface area contributed by atoms with E-state index in [1.807, 2.05) is 12.1 Å². The summed E-state index contributed by atoms with van der Waals surface area (Å²) in [4.78, 5) is 0. The van der Waals surface area contributed by atoms with Gasteiger partial charge in [-0.3, -0.25) is 0 Å². The van der Waals surface area contributed by atoms with Crippen molar-refractivity contribution in [2.75, 3.05) is 0 Å². The Bertz CT molecular complexity index is 430. The van der Waals surface area contributed by atoms with Gasteiger partial charge in [0.05, 0.1) is 0 Å². The lowest BCUT2D eigenvalue weighted by Crippen LogP contribution is -2.37. The number of para-hydroxylation sites is 1. The zero-order valence-corrected chi connectivity index (χ0v) is 9.21. The van der Waals surface area contributed by atoms with Gasteiger partial charge in [0, 0.05) is 5.56 Å². The fourth-order valence-electron chi connectivity index (χ4n) is 2.66. The van der Waals surface area contributed by atoms with Crippen molar-refractivity contribution in [1.29, 1.82) is 0 Å². The van der Waals surface area contributed by atoms with Gasteiger partial charge in [-0.2, -0.15) is 0 Å². The molecule has 1 aromatic carbocycles. The van der Waals surface area contributed by atoms with Crippen LogP contribution in [0.4, 0.5) is 4.39 Å². The highest BCUT2D eigenvalue weighted by Crippen LogP contribution is 2.40. The van der Waals surface area contributed by atoms with E-state index in [0.717, 1.165) is 18.4 Å². The molecule has 84 valence electrons. The van der Waals surface area contributed by atoms with Crippen LogP contribution in [0.2, 0.25) is 0 Å². The number of fused-ring (bicyclic) bond motifs is 1. The third kappa shape index (κ3) is 1.53. The van der Waals surface area contributed by atoms with Gasteiger partial charge in [0.1, 0.15) is 5.60 Å². The molecule has 1 fully saturated rings. The van der Waals surface area contributed by atoms with E-state index in [2.05, 4.69) is 6.08 Å². The molecular weight excluding hydrogens is 203 g/mol. The molecule has 1 heterocycles. The van der Waals surface area contributed by atoms with Crippen molar-refractivity contribution in [2.45, 2.75) is 37.7 Å². The van der Waals surface area contributed by atoms with Crippen LogP contribution in [0, 0.1) is 5.82 Å². The highest BCUT2D eigenvalue weighted by Gasteiger charge is 2.35. The molecule has 0 N–H and O–H groups in total. The average molecular weight is 218 g/mol. The van der Waals surface area contributed by atoms with Gasteiger partial charge in [-0.1, -0.05) is 24.6 Å². The zero-order chi connectivity index (χ0) is 11.0. The molecule has 0 aromatic heterocycles. The number of ether oxygens (including phenoxy) is 1. The van der Waals surface area contributed by atoms with E-state index >= 15 is 0 Å². The molecule has 0 bridgehead atoms. The molecule has 2 heteroatoms. The number of hydrogen-bond acceptors (Lipinski definition) is 1. The smallest absolute Gasteiger partial charge is 0.165 e. The third-order valence-corrected chi connectivity index (χ3v) is 3.57. The second-order valence-electron chi connectivity index (χ2n) is 4.72. The van der Waals surface area contributed by atoms with Gasteiger partial charge >= 0.3 is 0 Å². The Morgan fingerprint density at radius 3 is 2.75 bits per heavy atom. The summed E-state index contributed by atoms with van der Waals surface area (Å²) in [5, 5.41) is 0. The van der Waals surface area contributed by atoms with Crippen molar-refractivity contribution in [1.82, 2.24) is 0 Å². The number of hydrogen-bond donors (Lipinski definition) is 0. The van der Waals surface area contributed by atoms with Crippen molar-refractivity contribution in [3.63, 3.8) is 0 Å². The van der Waals surface area contributed by atoms with Crippen LogP contribution < -0.4 is 4.74 Å². The molecule has 0 unspecified atom stereocenters. The predicted molar refractivity (Wildman–Crippen MR) is 61.9 cm³/mol. The largest absolute Gasteiger partial charge is 0.479 e. The maximum Gasteiger partial charge on any atom is 0.165 e. The van der Waals surface area contributed by atoms with E-state index in [-0.39, 0.29) is 11.4 Å². The Labute approximate surface area is 94.9 Å². The molecule has 16 heavy (non-hydrogen) atoms. The lowest BCUT2D eigenvalue weighted by atomic mass is 9.83. The molecular formula is C14H15FO. The van der Waals surface area contributed by atoms with E-state index in [0.29, 0.717) is 5.75 Å². The van der Waals surface area contributed by atoms with E-state index < -0.39 is 0 Å². The van der Waals surface area contributed by atoms with Crippen molar-refractivity contribution >= 4 is 6.08 Å². The molecule has 1 aromatic rings. The fraction of sp³-hybridized carbons (Fsp3) is 0.429. The monoisotopic (exact) mass is 218 g/mol. The third-order valence-electron chi connectivity index (χ3n) is 3.57. The van der Waals surface area contributed by atoms with Crippen LogP contribution in [0.1, 0.15) is 37.7 Å². The van der Waals surface area contributed by atoms with Gasteiger partial charge in [-0.05, 0) is 37.8 Å². The molecule has 0 saturated heterocycles. The predicted octanol–water partition coefficient (Wildman–Crippen LogP) is 3.93. The summed E-state index contributed by atoms with van der Waals surface area (Å²) in [5.74, 6) is 0.193. The highest BCUT2D eigenvalue weighted by molar-refractivity contribution is 5.61. The van der Waals surface area contributed by atoms with Crippen molar-refractivity contribution in [3.05, 3.63) is 35.7 Å². The molecule has 0 atom stereocenters. The van der Waals surface area contributed by atoms with E-state index in [1.165, 1.54) is 25.3 Å². The minimum absolute atomic E-state index is 0.229. The van der Waals surface area contributed by atoms with Gasteiger partial charge in [0.2, 0.25) is 0 Å². The van der Waals surface area contributed by atoms with Crippen LogP contribution in [0.5, 0.6) is 5.75 Å². The molecule has 1 nitrogen and oxygen atoms in total. The summed E-state index contributed by atoms with van der Waals surface area (Å²) < 4.78 is 19.6. The first-order chi connectivity index (χ1) is 7.79. The molecule has 1 aliphatic carbocycles. The first-order valence-corrected chi connectivity index (χ1v) is 5.96. The summed E-state index contributed by atoms with van der Waals surface area (Å²) in [7, 11) is 0. The van der Waals surface area contributed by atoms with Crippen LogP contribution in [-0.2, 0) is 0 Å². The molecule has 0 radical (unpaired) electrons. The van der Waals surface area contributed by atoms with E-state index in [4.69, 9.17) is 4.74 Å². The van der Waals surface area contributed by atoms with E-state index in [9.17, 15) is 4.39 Å². The van der Waals surface area contributed by atoms with Gasteiger partial charge in [-0.25, -0.2) is 4.39 Å². The Balaban J connectivity index is 1.98. The quantitative estimate of drug-likeness (QED) is 0.641. The lowest BCUT2D eigenvalue weighted by Gasteiger charge is -2.37. The van der Waals surface area contributed by atoms with Crippen molar-refractivity contribution < 1.29 is 9.13 Å². The SMILES string of the molecule is Fc1cccc2c1OC1(C=C2)CCCCC1. The zero-order valence-electron chi connectivity index (χ0n) is 9.21. The summed E-state index contributed by atoms with van der Waals surface area (Å²) in [6.07, 6.45) is 9.76. The van der Waals surface area contributed by atoms with Crippen LogP contribution in [-0.4, -0.2) is 5.60 Å². The van der Waals surface area contributed by atoms with Crippen LogP contribution >= 0.6 is 0 Å². The van der Waals surface area contributed by atoms with Crippen LogP contribution in [0.25, 0.3) is 6.08 Å². The fourth-order valence-corrected chi connectivity index (χ4v) is 2.66. The standard InChI is InChI=1S/C14H15FO/c15-12-6-4-5-11-7-10-14(16-13(11)12)8-2-1-3-9-14/h4-7,10H,1-3,8-9H2. The van der Waals surface area contributed by atoms with Gasteiger partial charge in [0.15, 0.2) is 11.6 Å². The summed E-state index contributed by atoms with van der Waals surface area (Å²) in [6, 6.07) is 5.08. The average Bonchev–Trinajstić information content (AvgIpc) is 2.32. The number of rotatable bonds is 0.